The molecule has 52 heavy (non-hydrogen) atoms. The monoisotopic (exact) mass is 741 g/mol. The lowest BCUT2D eigenvalue weighted by molar-refractivity contribution is -0.887. The van der Waals surface area contributed by atoms with E-state index >= 15 is 0 Å². The van der Waals surface area contributed by atoms with Crippen LogP contribution in [0.1, 0.15) is 213 Å². The number of esters is 2. The lowest BCUT2D eigenvalue weighted by atomic mass is 10.0. The Labute approximate surface area is 321 Å². The highest BCUT2D eigenvalue weighted by atomic mass is 16.6. The number of carboxylic acids is 1. The molecule has 0 aliphatic carbocycles. The standard InChI is InChI=1S/C44H85NO7/c1-6-8-10-12-14-16-17-18-19-20-21-22-23-24-25-26-27-29-31-33-35-43(47)52-40(38-50-37-36-41(44(48)49)45(3,4)5)39-51-42(46)34-32-30-28-15-13-11-9-7-2/h40-41H,6-39H2,1-5H3/p+1. The average molecular weight is 741 g/mol. The van der Waals surface area contributed by atoms with E-state index in [-0.39, 0.29) is 36.2 Å². The molecule has 0 aromatic rings. The van der Waals surface area contributed by atoms with E-state index in [1.165, 1.54) is 141 Å². The maximum absolute atomic E-state index is 12.7. The van der Waals surface area contributed by atoms with Gasteiger partial charge in [-0.3, -0.25) is 9.59 Å². The fourth-order valence-corrected chi connectivity index (χ4v) is 6.80. The summed E-state index contributed by atoms with van der Waals surface area (Å²) in [5.74, 6) is -1.45. The van der Waals surface area contributed by atoms with Gasteiger partial charge in [0, 0.05) is 19.3 Å². The number of likely N-dealkylation sites (N-methyl/N-ethyl adjacent to an activating group) is 1. The molecule has 0 heterocycles. The summed E-state index contributed by atoms with van der Waals surface area (Å²) in [5, 5.41) is 9.59. The zero-order valence-corrected chi connectivity index (χ0v) is 35.0. The Morgan fingerprint density at radius 1 is 0.500 bits per heavy atom. The van der Waals surface area contributed by atoms with Crippen LogP contribution >= 0.6 is 0 Å². The minimum atomic E-state index is -0.872. The fraction of sp³-hybridized carbons (Fsp3) is 0.932. The Balaban J connectivity index is 4.17. The highest BCUT2D eigenvalue weighted by molar-refractivity contribution is 5.72. The second-order valence-corrected chi connectivity index (χ2v) is 16.3. The van der Waals surface area contributed by atoms with Crippen molar-refractivity contribution in [2.24, 2.45) is 0 Å². The lowest BCUT2D eigenvalue weighted by Crippen LogP contribution is -2.50. The van der Waals surface area contributed by atoms with E-state index in [2.05, 4.69) is 13.8 Å². The van der Waals surface area contributed by atoms with Gasteiger partial charge in [0.1, 0.15) is 6.61 Å². The van der Waals surface area contributed by atoms with Crippen molar-refractivity contribution >= 4 is 17.9 Å². The van der Waals surface area contributed by atoms with E-state index < -0.39 is 18.1 Å². The maximum atomic E-state index is 12.7. The highest BCUT2D eigenvalue weighted by Gasteiger charge is 2.31. The van der Waals surface area contributed by atoms with Crippen molar-refractivity contribution in [3.8, 4) is 0 Å². The number of aliphatic carboxylic acids is 1. The van der Waals surface area contributed by atoms with Gasteiger partial charge in [0.15, 0.2) is 12.1 Å². The number of carboxylic acid groups (broad SMARTS) is 1. The van der Waals surface area contributed by atoms with Crippen molar-refractivity contribution in [2.75, 3.05) is 41.0 Å². The van der Waals surface area contributed by atoms with Crippen LogP contribution < -0.4 is 0 Å². The first kappa shape index (κ1) is 50.3. The Morgan fingerprint density at radius 2 is 0.846 bits per heavy atom. The number of hydrogen-bond acceptors (Lipinski definition) is 6. The molecule has 0 aromatic heterocycles. The van der Waals surface area contributed by atoms with E-state index in [1.54, 1.807) is 0 Å². The van der Waals surface area contributed by atoms with Gasteiger partial charge in [0.2, 0.25) is 0 Å². The van der Waals surface area contributed by atoms with E-state index in [0.29, 0.717) is 19.3 Å². The van der Waals surface area contributed by atoms with Crippen LogP contribution in [-0.2, 0) is 28.6 Å². The van der Waals surface area contributed by atoms with Crippen molar-refractivity contribution in [1.29, 1.82) is 0 Å². The smallest absolute Gasteiger partial charge is 0.362 e. The van der Waals surface area contributed by atoms with Crippen LogP contribution in [0.3, 0.4) is 0 Å². The van der Waals surface area contributed by atoms with E-state index in [1.807, 2.05) is 21.1 Å². The van der Waals surface area contributed by atoms with Crippen LogP contribution in [-0.4, -0.2) is 80.6 Å². The first-order valence-corrected chi connectivity index (χ1v) is 22.1. The quantitative estimate of drug-likeness (QED) is 0.0379. The third kappa shape index (κ3) is 34.1. The van der Waals surface area contributed by atoms with Crippen LogP contribution in [0.5, 0.6) is 0 Å². The molecule has 0 aromatic carbocycles. The molecule has 0 radical (unpaired) electrons. The summed E-state index contributed by atoms with van der Waals surface area (Å²) in [6.07, 6.45) is 35.8. The Hall–Kier alpha value is -1.67. The summed E-state index contributed by atoms with van der Waals surface area (Å²) >= 11 is 0. The number of carbonyl (C=O) groups excluding carboxylic acids is 2. The predicted octanol–water partition coefficient (Wildman–Crippen LogP) is 11.8. The second-order valence-electron chi connectivity index (χ2n) is 16.3. The molecule has 8 nitrogen and oxygen atoms in total. The Bertz CT molecular complexity index is 828. The number of carbonyl (C=O) groups is 3. The molecular formula is C44H86NO7+. The molecule has 8 heteroatoms. The molecule has 1 N–H and O–H groups in total. The number of unbranched alkanes of at least 4 members (excludes halogenated alkanes) is 26. The largest absolute Gasteiger partial charge is 0.477 e. The zero-order chi connectivity index (χ0) is 38.5. The lowest BCUT2D eigenvalue weighted by Gasteiger charge is -2.31. The molecule has 0 spiro atoms. The highest BCUT2D eigenvalue weighted by Crippen LogP contribution is 2.16. The topological polar surface area (TPSA) is 99.1 Å². The minimum absolute atomic E-state index is 0.0431. The predicted molar refractivity (Wildman–Crippen MR) is 216 cm³/mol. The van der Waals surface area contributed by atoms with Gasteiger partial charge < -0.3 is 23.8 Å². The summed E-state index contributed by atoms with van der Waals surface area (Å²) in [6, 6.07) is -0.607. The SMILES string of the molecule is CCCCCCCCCCCCCCCCCCCCCCC(=O)OC(COCCC(C(=O)O)[N+](C)(C)C)COC(=O)CCCCCCCCCC. The molecule has 2 unspecified atom stereocenters. The van der Waals surface area contributed by atoms with E-state index in [0.717, 1.165) is 38.5 Å². The number of ether oxygens (including phenoxy) is 3. The van der Waals surface area contributed by atoms with Crippen LogP contribution in [0.2, 0.25) is 0 Å². The van der Waals surface area contributed by atoms with Crippen molar-refractivity contribution in [2.45, 2.75) is 225 Å². The molecule has 308 valence electrons. The Kier molecular flexibility index (Phi) is 35.1. The normalized spacial score (nSPS) is 12.9. The molecule has 0 saturated heterocycles. The molecule has 0 bridgehead atoms. The van der Waals surface area contributed by atoms with Gasteiger partial charge in [-0.1, -0.05) is 181 Å². The van der Waals surface area contributed by atoms with Gasteiger partial charge in [0.05, 0.1) is 34.4 Å². The summed E-state index contributed by atoms with van der Waals surface area (Å²) < 4.78 is 17.2. The zero-order valence-electron chi connectivity index (χ0n) is 35.0. The first-order chi connectivity index (χ1) is 25.1. The third-order valence-corrected chi connectivity index (χ3v) is 10.3. The molecule has 2 atom stereocenters. The third-order valence-electron chi connectivity index (χ3n) is 10.3. The number of nitrogens with zero attached hydrogens (tertiary/aromatic N) is 1. The molecule has 0 aliphatic rings. The van der Waals surface area contributed by atoms with Crippen molar-refractivity contribution in [1.82, 2.24) is 0 Å². The van der Waals surface area contributed by atoms with Crippen LogP contribution in [0.4, 0.5) is 0 Å². The molecular weight excluding hydrogens is 654 g/mol. The van der Waals surface area contributed by atoms with Gasteiger partial charge in [-0.05, 0) is 12.8 Å². The summed E-state index contributed by atoms with van der Waals surface area (Å²) in [6.45, 7) is 4.74. The second kappa shape index (κ2) is 36.3. The van der Waals surface area contributed by atoms with E-state index in [4.69, 9.17) is 14.2 Å². The summed E-state index contributed by atoms with van der Waals surface area (Å²) in [5.41, 5.74) is 0. The van der Waals surface area contributed by atoms with Gasteiger partial charge in [-0.2, -0.15) is 0 Å². The van der Waals surface area contributed by atoms with Crippen molar-refractivity contribution < 1.29 is 38.2 Å². The van der Waals surface area contributed by atoms with Gasteiger partial charge in [-0.25, -0.2) is 4.79 Å². The van der Waals surface area contributed by atoms with Crippen molar-refractivity contribution in [3.05, 3.63) is 0 Å². The minimum Gasteiger partial charge on any atom is -0.477 e. The number of quaternary nitrogens is 1. The molecule has 0 saturated carbocycles. The number of hydrogen-bond donors (Lipinski definition) is 1. The maximum Gasteiger partial charge on any atom is 0.362 e. The molecule has 0 fully saturated rings. The van der Waals surface area contributed by atoms with Gasteiger partial charge in [0.25, 0.3) is 0 Å². The average Bonchev–Trinajstić information content (AvgIpc) is 3.09. The van der Waals surface area contributed by atoms with Gasteiger partial charge in [-0.15, -0.1) is 0 Å². The molecule has 0 amide bonds. The van der Waals surface area contributed by atoms with Crippen LogP contribution in [0.25, 0.3) is 0 Å². The van der Waals surface area contributed by atoms with E-state index in [9.17, 15) is 19.5 Å². The fourth-order valence-electron chi connectivity index (χ4n) is 6.80. The van der Waals surface area contributed by atoms with Crippen LogP contribution in [0.15, 0.2) is 0 Å². The number of rotatable bonds is 40. The van der Waals surface area contributed by atoms with Gasteiger partial charge >= 0.3 is 17.9 Å². The summed E-state index contributed by atoms with van der Waals surface area (Å²) in [4.78, 5) is 36.8. The first-order valence-electron chi connectivity index (χ1n) is 22.1. The Morgan fingerprint density at radius 3 is 1.19 bits per heavy atom. The molecule has 0 rings (SSSR count). The summed E-state index contributed by atoms with van der Waals surface area (Å²) in [7, 11) is 5.53. The molecule has 0 aliphatic heterocycles. The van der Waals surface area contributed by atoms with Crippen molar-refractivity contribution in [3.63, 3.8) is 0 Å². The van der Waals surface area contributed by atoms with Crippen LogP contribution in [0, 0.1) is 0 Å².